The third kappa shape index (κ3) is 3.06. The second-order valence-corrected chi connectivity index (χ2v) is 6.49. The smallest absolute Gasteiger partial charge is 0.233 e. The van der Waals surface area contributed by atoms with Gasteiger partial charge in [-0.1, -0.05) is 49.7 Å². The number of hydrogen-bond donors (Lipinski definition) is 0. The summed E-state index contributed by atoms with van der Waals surface area (Å²) in [6.07, 6.45) is 4.10. The largest absolute Gasteiger partial charge is 0.459 e. The first-order valence-corrected chi connectivity index (χ1v) is 8.94. The molecule has 2 bridgehead atoms. The highest BCUT2D eigenvalue weighted by Crippen LogP contribution is 2.49. The molecule has 2 atom stereocenters. The number of benzene rings is 2. The Bertz CT molecular complexity index is 699. The molecule has 0 fully saturated rings. The van der Waals surface area contributed by atoms with Crippen molar-refractivity contribution in [3.63, 3.8) is 0 Å². The van der Waals surface area contributed by atoms with Crippen LogP contribution in [0.5, 0.6) is 11.5 Å². The molecule has 0 amide bonds. The zero-order valence-electron chi connectivity index (χ0n) is 14.2. The molecule has 2 aliphatic rings. The van der Waals surface area contributed by atoms with E-state index in [2.05, 4.69) is 12.1 Å². The van der Waals surface area contributed by atoms with Crippen LogP contribution in [0.15, 0.2) is 36.4 Å². The van der Waals surface area contributed by atoms with E-state index in [4.69, 9.17) is 29.9 Å². The van der Waals surface area contributed by atoms with Crippen molar-refractivity contribution in [2.45, 2.75) is 50.9 Å². The van der Waals surface area contributed by atoms with Gasteiger partial charge in [-0.25, -0.2) is 0 Å². The number of hydrogen-bond acceptors (Lipinski definition) is 3. The quantitative estimate of drug-likeness (QED) is 0.742. The van der Waals surface area contributed by atoms with Gasteiger partial charge in [0.1, 0.15) is 11.5 Å². The lowest BCUT2D eigenvalue weighted by molar-refractivity contribution is -0.228. The number of aryl methyl sites for hydroxylation is 2. The monoisotopic (exact) mass is 330 g/mol. The van der Waals surface area contributed by atoms with Gasteiger partial charge in [0.15, 0.2) is 0 Å². The molecule has 2 aliphatic heterocycles. The van der Waals surface area contributed by atoms with Crippen LogP contribution in [-0.4, -0.2) is 15.7 Å². The lowest BCUT2D eigenvalue weighted by Crippen LogP contribution is -2.31. The topological polar surface area (TPSA) is 27.7 Å². The minimum atomic E-state index is -0.432. The van der Waals surface area contributed by atoms with Crippen LogP contribution in [-0.2, 0) is 17.6 Å². The lowest BCUT2D eigenvalue weighted by Gasteiger charge is -2.39. The number of fused-ring (bicyclic) bond motifs is 6. The van der Waals surface area contributed by atoms with Gasteiger partial charge in [-0.05, 0) is 36.1 Å². The van der Waals surface area contributed by atoms with Crippen LogP contribution in [0.2, 0.25) is 12.6 Å². The standard InChI is InChI=1S/C20H20B2O3/c21-11-3-7-13-5-1-9-15-17(13)23-20-16-10-2-6-14(8-4-12-22)18(16)24-19(15)25-20/h1-2,5-6,9-10,19-20H,3-4,7-8,11-12H2. The fourth-order valence-corrected chi connectivity index (χ4v) is 3.50. The Labute approximate surface area is 151 Å². The summed E-state index contributed by atoms with van der Waals surface area (Å²) in [6, 6.07) is 12.3. The third-order valence-electron chi connectivity index (χ3n) is 4.76. The molecule has 0 saturated carbocycles. The predicted octanol–water partition coefficient (Wildman–Crippen LogP) is 4.22. The van der Waals surface area contributed by atoms with Gasteiger partial charge in [-0.2, -0.15) is 0 Å². The fourth-order valence-electron chi connectivity index (χ4n) is 3.50. The van der Waals surface area contributed by atoms with Crippen molar-refractivity contribution >= 4 is 15.7 Å². The first kappa shape index (κ1) is 16.6. The SMILES string of the molecule is [B]CCCc1cccc2c1OC1OC2Oc2c(CCC[B])cccc21. The molecule has 0 aliphatic carbocycles. The maximum Gasteiger partial charge on any atom is 0.233 e. The van der Waals surface area contributed by atoms with Gasteiger partial charge in [0.2, 0.25) is 12.6 Å². The van der Waals surface area contributed by atoms with Crippen molar-refractivity contribution < 1.29 is 14.2 Å². The molecule has 124 valence electrons. The maximum absolute atomic E-state index is 6.25. The summed E-state index contributed by atoms with van der Waals surface area (Å²) in [5.74, 6) is 1.77. The minimum absolute atomic E-state index is 0.432. The summed E-state index contributed by atoms with van der Waals surface area (Å²) in [5, 5.41) is 0. The summed E-state index contributed by atoms with van der Waals surface area (Å²) >= 11 is 0. The Hall–Kier alpha value is -1.87. The summed E-state index contributed by atoms with van der Waals surface area (Å²) in [6.45, 7) is 0. The first-order valence-electron chi connectivity index (χ1n) is 8.94. The molecular formula is C20H20B2O3. The predicted molar refractivity (Wildman–Crippen MR) is 98.5 cm³/mol. The van der Waals surface area contributed by atoms with Crippen molar-refractivity contribution in [3.05, 3.63) is 58.7 Å². The summed E-state index contributed by atoms with van der Waals surface area (Å²) in [4.78, 5) is 0. The van der Waals surface area contributed by atoms with Crippen molar-refractivity contribution in [2.75, 3.05) is 0 Å². The molecule has 4 rings (SSSR count). The second-order valence-electron chi connectivity index (χ2n) is 6.49. The zero-order chi connectivity index (χ0) is 17.2. The van der Waals surface area contributed by atoms with E-state index in [-0.39, 0.29) is 0 Å². The van der Waals surface area contributed by atoms with E-state index in [1.165, 1.54) is 0 Å². The van der Waals surface area contributed by atoms with Crippen molar-refractivity contribution in [3.8, 4) is 11.5 Å². The fraction of sp³-hybridized carbons (Fsp3) is 0.400. The van der Waals surface area contributed by atoms with Gasteiger partial charge in [0.05, 0.1) is 26.8 Å². The van der Waals surface area contributed by atoms with Crippen LogP contribution >= 0.6 is 0 Å². The molecule has 0 aromatic heterocycles. The van der Waals surface area contributed by atoms with Crippen LogP contribution in [0.4, 0.5) is 0 Å². The van der Waals surface area contributed by atoms with Crippen molar-refractivity contribution in [2.24, 2.45) is 0 Å². The number of para-hydroxylation sites is 2. The van der Waals surface area contributed by atoms with Gasteiger partial charge in [0, 0.05) is 0 Å². The molecule has 2 aromatic carbocycles. The molecule has 4 radical (unpaired) electrons. The van der Waals surface area contributed by atoms with E-state index in [0.717, 1.165) is 59.4 Å². The summed E-state index contributed by atoms with van der Waals surface area (Å²) in [5.41, 5.74) is 4.22. The second kappa shape index (κ2) is 7.17. The van der Waals surface area contributed by atoms with E-state index in [1.54, 1.807) is 0 Å². The van der Waals surface area contributed by atoms with E-state index < -0.39 is 12.6 Å². The van der Waals surface area contributed by atoms with Crippen molar-refractivity contribution in [1.82, 2.24) is 0 Å². The lowest BCUT2D eigenvalue weighted by atomic mass is 9.94. The van der Waals surface area contributed by atoms with E-state index in [9.17, 15) is 0 Å². The van der Waals surface area contributed by atoms with Gasteiger partial charge in [-0.15, -0.1) is 0 Å². The number of rotatable bonds is 6. The Kier molecular flexibility index (Phi) is 4.76. The van der Waals surface area contributed by atoms with E-state index >= 15 is 0 Å². The van der Waals surface area contributed by atoms with Crippen LogP contribution in [0.1, 0.15) is 47.7 Å². The Morgan fingerprint density at radius 1 is 0.720 bits per heavy atom. The number of ether oxygens (including phenoxy) is 3. The van der Waals surface area contributed by atoms with Crippen molar-refractivity contribution in [1.29, 1.82) is 0 Å². The molecule has 2 unspecified atom stereocenters. The van der Waals surface area contributed by atoms with Gasteiger partial charge < -0.3 is 9.47 Å². The van der Waals surface area contributed by atoms with Crippen LogP contribution in [0, 0.1) is 0 Å². The zero-order valence-corrected chi connectivity index (χ0v) is 14.2. The highest BCUT2D eigenvalue weighted by molar-refractivity contribution is 6.08. The van der Waals surface area contributed by atoms with E-state index in [0.29, 0.717) is 12.6 Å². The highest BCUT2D eigenvalue weighted by atomic mass is 16.8. The van der Waals surface area contributed by atoms with Gasteiger partial charge in [-0.3, -0.25) is 4.74 Å². The average molecular weight is 330 g/mol. The Morgan fingerprint density at radius 3 is 1.64 bits per heavy atom. The molecular weight excluding hydrogens is 310 g/mol. The normalized spacial score (nSPS) is 20.2. The van der Waals surface area contributed by atoms with Gasteiger partial charge >= 0.3 is 0 Å². The van der Waals surface area contributed by atoms with Crippen LogP contribution in [0.3, 0.4) is 0 Å². The third-order valence-corrected chi connectivity index (χ3v) is 4.76. The highest BCUT2D eigenvalue weighted by Gasteiger charge is 2.39. The minimum Gasteiger partial charge on any atom is -0.459 e. The molecule has 5 heteroatoms. The molecule has 0 N–H and O–H groups in total. The molecule has 25 heavy (non-hydrogen) atoms. The van der Waals surface area contributed by atoms with Crippen LogP contribution < -0.4 is 9.47 Å². The molecule has 0 saturated heterocycles. The first-order chi connectivity index (χ1) is 12.3. The molecule has 2 aromatic rings. The van der Waals surface area contributed by atoms with E-state index in [1.807, 2.05) is 24.3 Å². The molecule has 0 spiro atoms. The Morgan fingerprint density at radius 2 is 1.20 bits per heavy atom. The van der Waals surface area contributed by atoms with Gasteiger partial charge in [0.25, 0.3) is 0 Å². The summed E-state index contributed by atoms with van der Waals surface area (Å²) < 4.78 is 18.5. The summed E-state index contributed by atoms with van der Waals surface area (Å²) in [7, 11) is 11.3. The molecule has 2 heterocycles. The Balaban J connectivity index is 1.69. The maximum atomic E-state index is 6.25. The molecule has 3 nitrogen and oxygen atoms in total. The average Bonchev–Trinajstić information content (AvgIpc) is 2.65. The van der Waals surface area contributed by atoms with Crippen LogP contribution in [0.25, 0.3) is 0 Å².